The van der Waals surface area contributed by atoms with Crippen LogP contribution in [0.2, 0.25) is 0 Å². The van der Waals surface area contributed by atoms with Crippen LogP contribution in [0.15, 0.2) is 0 Å². The molecule has 0 bridgehead atoms. The fourth-order valence-electron chi connectivity index (χ4n) is 2.61. The Kier molecular flexibility index (Phi) is 4.92. The molecule has 0 aromatic rings. The molecule has 2 aliphatic heterocycles. The Labute approximate surface area is 112 Å². The molecule has 2 unspecified atom stereocenters. The Morgan fingerprint density at radius 3 is 2.83 bits per heavy atom. The SMILES string of the molecule is CCOC(=O)C1CCCN(C(=O)C2CCCS2)C1. The van der Waals surface area contributed by atoms with Crippen LogP contribution in [0.25, 0.3) is 0 Å². The van der Waals surface area contributed by atoms with Gasteiger partial charge in [-0.3, -0.25) is 9.59 Å². The lowest BCUT2D eigenvalue weighted by molar-refractivity contribution is -0.151. The fourth-order valence-corrected chi connectivity index (χ4v) is 3.85. The molecule has 2 heterocycles. The molecule has 102 valence electrons. The van der Waals surface area contributed by atoms with Crippen molar-refractivity contribution in [2.75, 3.05) is 25.4 Å². The molecule has 0 spiro atoms. The summed E-state index contributed by atoms with van der Waals surface area (Å²) in [4.78, 5) is 25.9. The zero-order valence-corrected chi connectivity index (χ0v) is 11.7. The molecule has 0 N–H and O–H groups in total. The summed E-state index contributed by atoms with van der Waals surface area (Å²) in [6.07, 6.45) is 3.88. The molecule has 2 aliphatic rings. The molecular formula is C13H21NO3S. The van der Waals surface area contributed by atoms with E-state index >= 15 is 0 Å². The quantitative estimate of drug-likeness (QED) is 0.733. The average molecular weight is 271 g/mol. The first-order valence-electron chi connectivity index (χ1n) is 6.79. The third-order valence-corrected chi connectivity index (χ3v) is 4.92. The van der Waals surface area contributed by atoms with E-state index < -0.39 is 0 Å². The number of esters is 1. The van der Waals surface area contributed by atoms with Crippen LogP contribution in [0.1, 0.15) is 32.6 Å². The van der Waals surface area contributed by atoms with Crippen molar-refractivity contribution >= 4 is 23.6 Å². The fraction of sp³-hybridized carbons (Fsp3) is 0.846. The number of likely N-dealkylation sites (tertiary alicyclic amines) is 1. The molecule has 0 aromatic heterocycles. The van der Waals surface area contributed by atoms with Crippen molar-refractivity contribution in [2.24, 2.45) is 5.92 Å². The van der Waals surface area contributed by atoms with Gasteiger partial charge in [0.2, 0.25) is 5.91 Å². The smallest absolute Gasteiger partial charge is 0.310 e. The van der Waals surface area contributed by atoms with Crippen molar-refractivity contribution in [3.05, 3.63) is 0 Å². The molecule has 2 saturated heterocycles. The third kappa shape index (κ3) is 3.19. The van der Waals surface area contributed by atoms with Crippen LogP contribution in [0.5, 0.6) is 0 Å². The number of carbonyl (C=O) groups is 2. The van der Waals surface area contributed by atoms with E-state index in [2.05, 4.69) is 0 Å². The number of carbonyl (C=O) groups excluding carboxylic acids is 2. The lowest BCUT2D eigenvalue weighted by Crippen LogP contribution is -2.45. The van der Waals surface area contributed by atoms with Crippen LogP contribution in [-0.4, -0.2) is 47.5 Å². The van der Waals surface area contributed by atoms with Crippen molar-refractivity contribution in [2.45, 2.75) is 37.9 Å². The number of piperidine rings is 1. The third-order valence-electron chi connectivity index (χ3n) is 3.56. The van der Waals surface area contributed by atoms with Crippen molar-refractivity contribution in [3.63, 3.8) is 0 Å². The van der Waals surface area contributed by atoms with E-state index in [0.717, 1.165) is 38.0 Å². The van der Waals surface area contributed by atoms with Crippen molar-refractivity contribution < 1.29 is 14.3 Å². The molecule has 2 rings (SSSR count). The van der Waals surface area contributed by atoms with E-state index in [1.165, 1.54) is 0 Å². The summed E-state index contributed by atoms with van der Waals surface area (Å²) < 4.78 is 5.05. The van der Waals surface area contributed by atoms with Gasteiger partial charge < -0.3 is 9.64 Å². The van der Waals surface area contributed by atoms with Gasteiger partial charge in [-0.1, -0.05) is 0 Å². The summed E-state index contributed by atoms with van der Waals surface area (Å²) in [5.74, 6) is 1.06. The van der Waals surface area contributed by atoms with Crippen molar-refractivity contribution in [1.29, 1.82) is 0 Å². The van der Waals surface area contributed by atoms with Gasteiger partial charge in [-0.2, -0.15) is 0 Å². The molecule has 4 nitrogen and oxygen atoms in total. The van der Waals surface area contributed by atoms with Crippen molar-refractivity contribution in [1.82, 2.24) is 4.90 Å². The highest BCUT2D eigenvalue weighted by Gasteiger charge is 2.33. The van der Waals surface area contributed by atoms with Gasteiger partial charge in [0.25, 0.3) is 0 Å². The minimum absolute atomic E-state index is 0.117. The molecule has 5 heteroatoms. The Morgan fingerprint density at radius 1 is 1.33 bits per heavy atom. The Bertz CT molecular complexity index is 315. The maximum atomic E-state index is 12.3. The molecule has 2 atom stereocenters. The molecule has 2 fully saturated rings. The first kappa shape index (κ1) is 13.7. The van der Waals surface area contributed by atoms with Gasteiger partial charge in [-0.15, -0.1) is 11.8 Å². The Hall–Kier alpha value is -0.710. The van der Waals surface area contributed by atoms with E-state index in [9.17, 15) is 9.59 Å². The highest BCUT2D eigenvalue weighted by molar-refractivity contribution is 8.00. The average Bonchev–Trinajstić information content (AvgIpc) is 2.92. The number of thioether (sulfide) groups is 1. The van der Waals surface area contributed by atoms with Gasteiger partial charge in [0, 0.05) is 13.1 Å². The largest absolute Gasteiger partial charge is 0.466 e. The summed E-state index contributed by atoms with van der Waals surface area (Å²) in [5, 5.41) is 0.131. The number of hydrogen-bond acceptors (Lipinski definition) is 4. The highest BCUT2D eigenvalue weighted by Crippen LogP contribution is 2.29. The molecule has 0 radical (unpaired) electrons. The second-order valence-electron chi connectivity index (χ2n) is 4.88. The van der Waals surface area contributed by atoms with Gasteiger partial charge in [0.05, 0.1) is 17.8 Å². The van der Waals surface area contributed by atoms with E-state index in [0.29, 0.717) is 13.2 Å². The van der Waals surface area contributed by atoms with Crippen LogP contribution in [-0.2, 0) is 14.3 Å². The predicted molar refractivity (Wildman–Crippen MR) is 71.4 cm³/mol. The van der Waals surface area contributed by atoms with Gasteiger partial charge in [0.1, 0.15) is 0 Å². The maximum absolute atomic E-state index is 12.3. The zero-order valence-electron chi connectivity index (χ0n) is 10.9. The first-order chi connectivity index (χ1) is 8.72. The summed E-state index contributed by atoms with van der Waals surface area (Å²) in [5.41, 5.74) is 0. The maximum Gasteiger partial charge on any atom is 0.310 e. The van der Waals surface area contributed by atoms with Crippen LogP contribution in [0.4, 0.5) is 0 Å². The lowest BCUT2D eigenvalue weighted by atomic mass is 9.97. The molecule has 0 aliphatic carbocycles. The lowest BCUT2D eigenvalue weighted by Gasteiger charge is -2.33. The second-order valence-corrected chi connectivity index (χ2v) is 6.19. The van der Waals surface area contributed by atoms with Crippen LogP contribution < -0.4 is 0 Å². The Morgan fingerprint density at radius 2 is 2.17 bits per heavy atom. The monoisotopic (exact) mass is 271 g/mol. The second kappa shape index (κ2) is 6.45. The molecule has 0 aromatic carbocycles. The number of ether oxygens (including phenoxy) is 1. The normalized spacial score (nSPS) is 28.2. The topological polar surface area (TPSA) is 46.6 Å². The summed E-state index contributed by atoms with van der Waals surface area (Å²) in [6.45, 7) is 3.58. The number of rotatable bonds is 3. The number of nitrogens with zero attached hydrogens (tertiary/aromatic N) is 1. The van der Waals surface area contributed by atoms with Crippen LogP contribution >= 0.6 is 11.8 Å². The minimum Gasteiger partial charge on any atom is -0.466 e. The highest BCUT2D eigenvalue weighted by atomic mass is 32.2. The van der Waals surface area contributed by atoms with Gasteiger partial charge in [0.15, 0.2) is 0 Å². The minimum atomic E-state index is -0.144. The number of hydrogen-bond donors (Lipinski definition) is 0. The molecular weight excluding hydrogens is 250 g/mol. The predicted octanol–water partition coefficient (Wildman–Crippen LogP) is 1.68. The molecule has 1 amide bonds. The van der Waals surface area contributed by atoms with Crippen LogP contribution in [0.3, 0.4) is 0 Å². The zero-order chi connectivity index (χ0) is 13.0. The van der Waals surface area contributed by atoms with E-state index in [-0.39, 0.29) is 23.0 Å². The van der Waals surface area contributed by atoms with E-state index in [4.69, 9.17) is 4.74 Å². The summed E-state index contributed by atoms with van der Waals surface area (Å²) >= 11 is 1.76. The first-order valence-corrected chi connectivity index (χ1v) is 7.84. The summed E-state index contributed by atoms with van der Waals surface area (Å²) in [7, 11) is 0. The van der Waals surface area contributed by atoms with Gasteiger partial charge >= 0.3 is 5.97 Å². The van der Waals surface area contributed by atoms with Crippen molar-refractivity contribution in [3.8, 4) is 0 Å². The van der Waals surface area contributed by atoms with Gasteiger partial charge in [-0.05, 0) is 38.4 Å². The van der Waals surface area contributed by atoms with Crippen LogP contribution in [0, 0.1) is 5.92 Å². The Balaban J connectivity index is 1.89. The van der Waals surface area contributed by atoms with E-state index in [1.807, 2.05) is 11.8 Å². The standard InChI is InChI=1S/C13H21NO3S/c1-2-17-13(16)10-5-3-7-14(9-10)12(15)11-6-4-8-18-11/h10-11H,2-9H2,1H3. The van der Waals surface area contributed by atoms with Gasteiger partial charge in [-0.25, -0.2) is 0 Å². The number of amides is 1. The summed E-state index contributed by atoms with van der Waals surface area (Å²) in [6, 6.07) is 0. The molecule has 18 heavy (non-hydrogen) atoms. The van der Waals surface area contributed by atoms with E-state index in [1.54, 1.807) is 11.8 Å². The molecule has 0 saturated carbocycles.